The normalized spacial score (nSPS) is 23.9. The van der Waals surface area contributed by atoms with Gasteiger partial charge in [0.05, 0.1) is 17.3 Å². The molecule has 7 heteroatoms. The Morgan fingerprint density at radius 3 is 3.04 bits per heavy atom. The van der Waals surface area contributed by atoms with Crippen LogP contribution in [-0.2, 0) is 4.74 Å². The Balaban J connectivity index is 1.68. The van der Waals surface area contributed by atoms with Gasteiger partial charge in [0.25, 0.3) is 5.91 Å². The number of aliphatic hydroxyl groups is 1. The lowest BCUT2D eigenvalue weighted by Crippen LogP contribution is -2.47. The molecule has 1 aromatic carbocycles. The van der Waals surface area contributed by atoms with Gasteiger partial charge in [0.15, 0.2) is 0 Å². The number of ether oxygens (including phenoxy) is 1. The van der Waals surface area contributed by atoms with E-state index in [0.717, 1.165) is 5.56 Å². The molecule has 0 radical (unpaired) electrons. The number of halogens is 1. The SMILES string of the molecule is CC1OCCC1(O)CNC(=O)c1cnc(-c2ccccc2Cl)s1. The monoisotopic (exact) mass is 352 g/mol. The lowest BCUT2D eigenvalue weighted by Gasteiger charge is -2.25. The Morgan fingerprint density at radius 2 is 2.35 bits per heavy atom. The largest absolute Gasteiger partial charge is 0.385 e. The number of hydrogen-bond acceptors (Lipinski definition) is 5. The lowest BCUT2D eigenvalue weighted by molar-refractivity contribution is -0.0251. The molecule has 2 atom stereocenters. The molecule has 23 heavy (non-hydrogen) atoms. The molecule has 1 fully saturated rings. The molecular formula is C16H17ClN2O3S. The van der Waals surface area contributed by atoms with Crippen molar-refractivity contribution in [3.05, 3.63) is 40.4 Å². The van der Waals surface area contributed by atoms with Gasteiger partial charge in [-0.1, -0.05) is 29.8 Å². The third-order valence-corrected chi connectivity index (χ3v) is 5.41. The summed E-state index contributed by atoms with van der Waals surface area (Å²) in [4.78, 5) is 17.0. The summed E-state index contributed by atoms with van der Waals surface area (Å²) in [6, 6.07) is 7.37. The van der Waals surface area contributed by atoms with Crippen LogP contribution in [0.15, 0.2) is 30.5 Å². The lowest BCUT2D eigenvalue weighted by atomic mass is 9.97. The molecule has 1 amide bonds. The van der Waals surface area contributed by atoms with Gasteiger partial charge in [0, 0.05) is 25.1 Å². The highest BCUT2D eigenvalue weighted by Crippen LogP contribution is 2.31. The highest BCUT2D eigenvalue weighted by molar-refractivity contribution is 7.17. The Kier molecular flexibility index (Phi) is 4.68. The number of carbonyl (C=O) groups excluding carboxylic acids is 1. The predicted octanol–water partition coefficient (Wildman–Crippen LogP) is 2.73. The van der Waals surface area contributed by atoms with Crippen LogP contribution in [0.5, 0.6) is 0 Å². The van der Waals surface area contributed by atoms with E-state index < -0.39 is 5.60 Å². The van der Waals surface area contributed by atoms with E-state index in [1.165, 1.54) is 17.5 Å². The third-order valence-electron chi connectivity index (χ3n) is 4.05. The average Bonchev–Trinajstić information content (AvgIpc) is 3.14. The zero-order chi connectivity index (χ0) is 16.4. The fraction of sp³-hybridized carbons (Fsp3) is 0.375. The van der Waals surface area contributed by atoms with Crippen LogP contribution in [0.1, 0.15) is 23.0 Å². The summed E-state index contributed by atoms with van der Waals surface area (Å²) >= 11 is 7.42. The number of rotatable bonds is 4. The minimum atomic E-state index is -1.01. The molecule has 2 unspecified atom stereocenters. The van der Waals surface area contributed by atoms with Crippen molar-refractivity contribution < 1.29 is 14.6 Å². The molecule has 122 valence electrons. The minimum absolute atomic E-state index is 0.159. The molecule has 0 saturated carbocycles. The van der Waals surface area contributed by atoms with E-state index >= 15 is 0 Å². The van der Waals surface area contributed by atoms with Gasteiger partial charge < -0.3 is 15.2 Å². The highest BCUT2D eigenvalue weighted by Gasteiger charge is 2.39. The summed E-state index contributed by atoms with van der Waals surface area (Å²) in [5.41, 5.74) is -0.207. The Morgan fingerprint density at radius 1 is 1.57 bits per heavy atom. The maximum absolute atomic E-state index is 12.3. The number of nitrogens with one attached hydrogen (secondary N) is 1. The summed E-state index contributed by atoms with van der Waals surface area (Å²) < 4.78 is 5.36. The molecule has 1 aliphatic rings. The second kappa shape index (κ2) is 6.57. The maximum Gasteiger partial charge on any atom is 0.263 e. The summed E-state index contributed by atoms with van der Waals surface area (Å²) in [6.07, 6.45) is 1.75. The van der Waals surface area contributed by atoms with Gasteiger partial charge in [-0.15, -0.1) is 11.3 Å². The standard InChI is InChI=1S/C16H17ClN2O3S/c1-10-16(21,6-7-22-10)9-19-14(20)13-8-18-15(23-13)11-4-2-3-5-12(11)17/h2-5,8,10,21H,6-7,9H2,1H3,(H,19,20). The first kappa shape index (κ1) is 16.4. The molecule has 2 heterocycles. The van der Waals surface area contributed by atoms with Crippen molar-refractivity contribution in [1.29, 1.82) is 0 Å². The molecule has 2 aromatic rings. The summed E-state index contributed by atoms with van der Waals surface area (Å²) in [5.74, 6) is -0.256. The van der Waals surface area contributed by atoms with Crippen LogP contribution in [0.3, 0.4) is 0 Å². The van der Waals surface area contributed by atoms with Gasteiger partial charge >= 0.3 is 0 Å². The first-order valence-corrected chi connectivity index (χ1v) is 8.52. The molecular weight excluding hydrogens is 336 g/mol. The van der Waals surface area contributed by atoms with E-state index in [-0.39, 0.29) is 18.6 Å². The van der Waals surface area contributed by atoms with Gasteiger partial charge in [-0.25, -0.2) is 4.98 Å². The first-order valence-electron chi connectivity index (χ1n) is 7.32. The van der Waals surface area contributed by atoms with E-state index in [2.05, 4.69) is 10.3 Å². The molecule has 0 spiro atoms. The predicted molar refractivity (Wildman–Crippen MR) is 89.9 cm³/mol. The van der Waals surface area contributed by atoms with Crippen molar-refractivity contribution in [2.75, 3.05) is 13.2 Å². The fourth-order valence-corrected chi connectivity index (χ4v) is 3.61. The van der Waals surface area contributed by atoms with Crippen LogP contribution in [0.2, 0.25) is 5.02 Å². The van der Waals surface area contributed by atoms with Crippen molar-refractivity contribution in [2.24, 2.45) is 0 Å². The van der Waals surface area contributed by atoms with Crippen LogP contribution in [0.25, 0.3) is 10.6 Å². The fourth-order valence-electron chi connectivity index (χ4n) is 2.46. The number of thiazole rings is 1. The molecule has 1 aromatic heterocycles. The Hall–Kier alpha value is -1.47. The van der Waals surface area contributed by atoms with Crippen LogP contribution < -0.4 is 5.32 Å². The number of aromatic nitrogens is 1. The second-order valence-corrected chi connectivity index (χ2v) is 7.00. The van der Waals surface area contributed by atoms with Crippen molar-refractivity contribution in [3.8, 4) is 10.6 Å². The molecule has 1 aliphatic heterocycles. The van der Waals surface area contributed by atoms with Gasteiger partial charge in [-0.2, -0.15) is 0 Å². The number of hydrogen-bond donors (Lipinski definition) is 2. The molecule has 3 rings (SSSR count). The molecule has 1 saturated heterocycles. The van der Waals surface area contributed by atoms with Gasteiger partial charge in [-0.05, 0) is 13.0 Å². The zero-order valence-electron chi connectivity index (χ0n) is 12.6. The molecule has 2 N–H and O–H groups in total. The van der Waals surface area contributed by atoms with Crippen molar-refractivity contribution in [2.45, 2.75) is 25.0 Å². The minimum Gasteiger partial charge on any atom is -0.385 e. The van der Waals surface area contributed by atoms with E-state index in [0.29, 0.717) is 27.9 Å². The van der Waals surface area contributed by atoms with Crippen molar-refractivity contribution in [1.82, 2.24) is 10.3 Å². The molecule has 5 nitrogen and oxygen atoms in total. The van der Waals surface area contributed by atoms with Gasteiger partial charge in [0.2, 0.25) is 0 Å². The van der Waals surface area contributed by atoms with E-state index in [4.69, 9.17) is 16.3 Å². The van der Waals surface area contributed by atoms with E-state index in [1.807, 2.05) is 18.2 Å². The van der Waals surface area contributed by atoms with E-state index in [1.54, 1.807) is 13.0 Å². The zero-order valence-corrected chi connectivity index (χ0v) is 14.2. The van der Waals surface area contributed by atoms with Crippen molar-refractivity contribution >= 4 is 28.8 Å². The topological polar surface area (TPSA) is 71.5 Å². The maximum atomic E-state index is 12.3. The van der Waals surface area contributed by atoms with Gasteiger partial charge in [0.1, 0.15) is 15.5 Å². The van der Waals surface area contributed by atoms with Crippen LogP contribution >= 0.6 is 22.9 Å². The van der Waals surface area contributed by atoms with Crippen molar-refractivity contribution in [3.63, 3.8) is 0 Å². The third kappa shape index (κ3) is 3.40. The Bertz CT molecular complexity index is 721. The second-order valence-electron chi connectivity index (χ2n) is 5.56. The molecule has 0 bridgehead atoms. The summed E-state index contributed by atoms with van der Waals surface area (Å²) in [7, 11) is 0. The number of nitrogens with zero attached hydrogens (tertiary/aromatic N) is 1. The smallest absolute Gasteiger partial charge is 0.263 e. The quantitative estimate of drug-likeness (QED) is 0.887. The number of benzene rings is 1. The highest BCUT2D eigenvalue weighted by atomic mass is 35.5. The first-order chi connectivity index (χ1) is 11.0. The van der Waals surface area contributed by atoms with Crippen LogP contribution in [0, 0.1) is 0 Å². The summed E-state index contributed by atoms with van der Waals surface area (Å²) in [5, 5.41) is 14.5. The Labute approximate surface area is 143 Å². The van der Waals surface area contributed by atoms with Crippen LogP contribution in [0.4, 0.5) is 0 Å². The number of amides is 1. The van der Waals surface area contributed by atoms with Crippen LogP contribution in [-0.4, -0.2) is 40.9 Å². The molecule has 0 aliphatic carbocycles. The summed E-state index contributed by atoms with van der Waals surface area (Å²) in [6.45, 7) is 2.47. The average molecular weight is 353 g/mol. The number of carbonyl (C=O) groups is 1. The van der Waals surface area contributed by atoms with Gasteiger partial charge in [-0.3, -0.25) is 4.79 Å². The van der Waals surface area contributed by atoms with E-state index in [9.17, 15) is 9.90 Å².